The minimum absolute atomic E-state index is 0.170. The highest BCUT2D eigenvalue weighted by atomic mass is 16.6. The lowest BCUT2D eigenvalue weighted by Crippen LogP contribution is -2.59. The molecular weight excluding hydrogens is 550 g/mol. The summed E-state index contributed by atoms with van der Waals surface area (Å²) < 4.78 is 12.7. The number of likely N-dealkylation sites (tertiary alicyclic amines) is 1. The average Bonchev–Trinajstić information content (AvgIpc) is 3.64. The highest BCUT2D eigenvalue weighted by Crippen LogP contribution is 2.59. The third kappa shape index (κ3) is 5.99. The molecule has 2 bridgehead atoms. The van der Waals surface area contributed by atoms with Crippen molar-refractivity contribution in [1.29, 1.82) is 0 Å². The number of fused-ring (bicyclic) bond motifs is 1. The number of esters is 1. The molecule has 43 heavy (non-hydrogen) atoms. The molecule has 3 saturated heterocycles. The normalized spacial score (nSPS) is 27.8. The molecule has 3 amide bonds. The van der Waals surface area contributed by atoms with Gasteiger partial charge in [0.1, 0.15) is 17.7 Å². The van der Waals surface area contributed by atoms with Gasteiger partial charge in [0.25, 0.3) is 0 Å². The number of nitrogens with one attached hydrogen (secondary N) is 1. The summed E-state index contributed by atoms with van der Waals surface area (Å²) in [4.78, 5) is 58.0. The lowest BCUT2D eigenvalue weighted by Gasteiger charge is -2.39. The first kappa shape index (κ1) is 32.4. The van der Waals surface area contributed by atoms with E-state index >= 15 is 0 Å². The molecule has 3 heterocycles. The maximum absolute atomic E-state index is 14.2. The van der Waals surface area contributed by atoms with Crippen molar-refractivity contribution in [2.75, 3.05) is 13.2 Å². The van der Waals surface area contributed by atoms with Crippen molar-refractivity contribution < 1.29 is 33.8 Å². The molecule has 1 spiro atoms. The molecule has 234 valence electrons. The first-order chi connectivity index (χ1) is 20.5. The molecule has 3 aliphatic heterocycles. The van der Waals surface area contributed by atoms with Crippen LogP contribution in [0, 0.1) is 11.8 Å². The molecule has 0 unspecified atom stereocenters. The van der Waals surface area contributed by atoms with E-state index in [9.17, 15) is 24.3 Å². The number of carbonyl (C=O) groups is 4. The van der Waals surface area contributed by atoms with Gasteiger partial charge in [-0.3, -0.25) is 19.2 Å². The molecule has 4 rings (SSSR count). The predicted molar refractivity (Wildman–Crippen MR) is 160 cm³/mol. The van der Waals surface area contributed by atoms with Gasteiger partial charge in [0.2, 0.25) is 17.7 Å². The van der Waals surface area contributed by atoms with E-state index in [-0.39, 0.29) is 37.4 Å². The van der Waals surface area contributed by atoms with Crippen LogP contribution in [0.1, 0.15) is 65.0 Å². The molecule has 3 fully saturated rings. The van der Waals surface area contributed by atoms with Crippen molar-refractivity contribution in [2.45, 2.75) is 95.4 Å². The topological polar surface area (TPSA) is 125 Å². The number of carbonyl (C=O) groups excluding carboxylic acids is 4. The molecule has 3 aliphatic rings. The van der Waals surface area contributed by atoms with Crippen LogP contribution in [0.15, 0.2) is 55.6 Å². The number of amides is 3. The van der Waals surface area contributed by atoms with Gasteiger partial charge in [-0.05, 0) is 52.5 Å². The first-order valence-corrected chi connectivity index (χ1v) is 15.2. The second-order valence-electron chi connectivity index (χ2n) is 12.2. The van der Waals surface area contributed by atoms with Crippen molar-refractivity contribution in [3.8, 4) is 0 Å². The number of hydrogen-bond acceptors (Lipinski definition) is 7. The monoisotopic (exact) mass is 595 g/mol. The Hall–Kier alpha value is -3.50. The maximum atomic E-state index is 14.2. The Morgan fingerprint density at radius 3 is 2.49 bits per heavy atom. The third-order valence-electron chi connectivity index (χ3n) is 9.00. The van der Waals surface area contributed by atoms with E-state index in [1.807, 2.05) is 44.2 Å². The first-order valence-electron chi connectivity index (χ1n) is 15.2. The van der Waals surface area contributed by atoms with Gasteiger partial charge < -0.3 is 29.7 Å². The predicted octanol–water partition coefficient (Wildman–Crippen LogP) is 2.92. The van der Waals surface area contributed by atoms with Gasteiger partial charge in [0, 0.05) is 19.0 Å². The van der Waals surface area contributed by atoms with Crippen molar-refractivity contribution in [2.24, 2.45) is 11.8 Å². The molecule has 1 aromatic carbocycles. The lowest BCUT2D eigenvalue weighted by atomic mass is 9.70. The van der Waals surface area contributed by atoms with E-state index in [4.69, 9.17) is 9.47 Å². The van der Waals surface area contributed by atoms with Crippen LogP contribution in [0.25, 0.3) is 0 Å². The maximum Gasteiger partial charge on any atom is 0.313 e. The largest absolute Gasteiger partial charge is 0.455 e. The van der Waals surface area contributed by atoms with Crippen LogP contribution < -0.4 is 5.32 Å². The van der Waals surface area contributed by atoms with E-state index in [0.29, 0.717) is 24.8 Å². The van der Waals surface area contributed by atoms with E-state index in [2.05, 4.69) is 18.5 Å². The van der Waals surface area contributed by atoms with Gasteiger partial charge >= 0.3 is 5.97 Å². The molecular formula is C33H45N3O7. The minimum atomic E-state index is -1.22. The highest BCUT2D eigenvalue weighted by molar-refractivity contribution is 5.98. The number of aliphatic hydroxyl groups excluding tert-OH is 1. The number of hydrogen-bond donors (Lipinski definition) is 2. The van der Waals surface area contributed by atoms with Crippen LogP contribution in [0.4, 0.5) is 0 Å². The number of aliphatic hydroxyl groups is 1. The minimum Gasteiger partial charge on any atom is -0.455 e. The number of benzene rings is 1. The quantitative estimate of drug-likeness (QED) is 0.250. The average molecular weight is 596 g/mol. The van der Waals surface area contributed by atoms with Crippen molar-refractivity contribution in [1.82, 2.24) is 15.1 Å². The smallest absolute Gasteiger partial charge is 0.313 e. The zero-order valence-corrected chi connectivity index (χ0v) is 25.6. The summed E-state index contributed by atoms with van der Waals surface area (Å²) in [7, 11) is 0. The Morgan fingerprint density at radius 1 is 1.19 bits per heavy atom. The summed E-state index contributed by atoms with van der Waals surface area (Å²) >= 11 is 0. The second-order valence-corrected chi connectivity index (χ2v) is 12.2. The number of rotatable bonds is 14. The zero-order valence-electron chi connectivity index (χ0n) is 25.6. The molecule has 10 nitrogen and oxygen atoms in total. The Labute approximate surface area is 254 Å². The molecule has 0 aliphatic carbocycles. The summed E-state index contributed by atoms with van der Waals surface area (Å²) in [5.41, 5.74) is -0.517. The molecule has 8 atom stereocenters. The van der Waals surface area contributed by atoms with Gasteiger partial charge in [-0.1, -0.05) is 42.5 Å². The standard InChI is InChI=1S/C33H45N3O7/c1-7-9-15-25(38)34-22(6)28(23-13-11-10-12-14-23)42-32(41)26-24-16-17-33(43-24)27(26)30(39)36(21(5)19-37)29(33)31(40)35(18-8-2)20(3)4/h7-8,10-14,20-22,24,26-29,37H,1-2,9,15-19H2,3-6H3,(H,34,38)/t21-,22-,24-,26+,27+,28-,29-,33+/m1/s1. The summed E-state index contributed by atoms with van der Waals surface area (Å²) in [6, 6.07) is 6.76. The van der Waals surface area contributed by atoms with Crippen LogP contribution in [0.3, 0.4) is 0 Å². The van der Waals surface area contributed by atoms with Crippen LogP contribution in [0.2, 0.25) is 0 Å². The van der Waals surface area contributed by atoms with E-state index in [0.717, 1.165) is 0 Å². The Kier molecular flexibility index (Phi) is 10.1. The van der Waals surface area contributed by atoms with E-state index in [1.54, 1.807) is 30.9 Å². The van der Waals surface area contributed by atoms with E-state index in [1.165, 1.54) is 4.90 Å². The molecule has 2 N–H and O–H groups in total. The van der Waals surface area contributed by atoms with Crippen molar-refractivity contribution >= 4 is 23.7 Å². The summed E-state index contributed by atoms with van der Waals surface area (Å²) in [6.07, 6.45) is 3.59. The molecule has 0 saturated carbocycles. The second kappa shape index (κ2) is 13.4. The van der Waals surface area contributed by atoms with Crippen LogP contribution in [0.5, 0.6) is 0 Å². The fraction of sp³-hybridized carbons (Fsp3) is 0.576. The van der Waals surface area contributed by atoms with Crippen LogP contribution in [-0.4, -0.2) is 87.6 Å². The highest BCUT2D eigenvalue weighted by Gasteiger charge is 2.75. The van der Waals surface area contributed by atoms with Crippen LogP contribution >= 0.6 is 0 Å². The summed E-state index contributed by atoms with van der Waals surface area (Å²) in [5.74, 6) is -3.36. The van der Waals surface area contributed by atoms with Gasteiger partial charge in [0.05, 0.1) is 36.6 Å². The van der Waals surface area contributed by atoms with Gasteiger partial charge in [-0.15, -0.1) is 13.2 Å². The van der Waals surface area contributed by atoms with Crippen molar-refractivity contribution in [3.63, 3.8) is 0 Å². The fourth-order valence-corrected chi connectivity index (χ4v) is 6.99. The molecule has 0 radical (unpaired) electrons. The zero-order chi connectivity index (χ0) is 31.5. The molecule has 0 aromatic heterocycles. The van der Waals surface area contributed by atoms with E-state index < -0.39 is 59.6 Å². The van der Waals surface area contributed by atoms with Gasteiger partial charge in [-0.25, -0.2) is 0 Å². The van der Waals surface area contributed by atoms with Crippen LogP contribution in [-0.2, 0) is 28.7 Å². The number of nitrogens with zero attached hydrogens (tertiary/aromatic N) is 2. The Morgan fingerprint density at radius 2 is 1.88 bits per heavy atom. The SMILES string of the molecule is C=CCCC(=O)N[C@H](C)[C@@H](OC(=O)[C@@H]1[C@H]2C(=O)N([C@H](C)CO)[C@H](C(=O)N(CC=C)C(C)C)[C@]23CC[C@H]1O3)c1ccccc1. The lowest BCUT2D eigenvalue weighted by molar-refractivity contribution is -0.162. The Bertz CT molecular complexity index is 1220. The molecule has 1 aromatic rings. The number of ether oxygens (including phenoxy) is 2. The van der Waals surface area contributed by atoms with Gasteiger partial charge in [-0.2, -0.15) is 0 Å². The Balaban J connectivity index is 1.67. The fourth-order valence-electron chi connectivity index (χ4n) is 6.99. The summed E-state index contributed by atoms with van der Waals surface area (Å²) in [6.45, 7) is 14.6. The summed E-state index contributed by atoms with van der Waals surface area (Å²) in [5, 5.41) is 13.0. The number of allylic oxidation sites excluding steroid dienone is 1. The van der Waals surface area contributed by atoms with Gasteiger partial charge in [0.15, 0.2) is 0 Å². The molecule has 10 heteroatoms. The van der Waals surface area contributed by atoms with Crippen molar-refractivity contribution in [3.05, 3.63) is 61.2 Å². The third-order valence-corrected chi connectivity index (χ3v) is 9.00.